The van der Waals surface area contributed by atoms with Gasteiger partial charge < -0.3 is 23.4 Å². The van der Waals surface area contributed by atoms with E-state index in [2.05, 4.69) is 51.0 Å². The molecule has 176 valence electrons. The van der Waals surface area contributed by atoms with Gasteiger partial charge in [-0.1, -0.05) is 51.1 Å². The van der Waals surface area contributed by atoms with Crippen molar-refractivity contribution >= 4 is 8.32 Å². The Morgan fingerprint density at radius 1 is 1.00 bits per heavy atom. The van der Waals surface area contributed by atoms with Crippen LogP contribution in [-0.4, -0.2) is 52.4 Å². The molecule has 32 heavy (non-hydrogen) atoms. The largest absolute Gasteiger partial charge is 0.481 e. The van der Waals surface area contributed by atoms with Crippen LogP contribution >= 0.6 is 0 Å². The Balaban J connectivity index is 1.81. The maximum absolute atomic E-state index is 6.84. The molecule has 6 nitrogen and oxygen atoms in total. The van der Waals surface area contributed by atoms with Gasteiger partial charge in [0.15, 0.2) is 8.32 Å². The maximum Gasteiger partial charge on any atom is 0.212 e. The summed E-state index contributed by atoms with van der Waals surface area (Å²) in [5.74, 6) is 0.567. The van der Waals surface area contributed by atoms with Crippen molar-refractivity contribution in [2.45, 2.75) is 69.9 Å². The molecule has 2 aromatic rings. The molecule has 0 saturated carbocycles. The molecule has 3 rings (SSSR count). The van der Waals surface area contributed by atoms with Crippen LogP contribution in [0.15, 0.2) is 48.7 Å². The normalized spacial score (nSPS) is 24.0. The second-order valence-corrected chi connectivity index (χ2v) is 14.5. The molecule has 1 saturated heterocycles. The zero-order valence-electron chi connectivity index (χ0n) is 20.3. The van der Waals surface area contributed by atoms with Crippen molar-refractivity contribution in [3.05, 3.63) is 59.8 Å². The Labute approximate surface area is 193 Å². The van der Waals surface area contributed by atoms with Crippen LogP contribution in [0.2, 0.25) is 18.1 Å². The van der Waals surface area contributed by atoms with Gasteiger partial charge in [0, 0.05) is 24.9 Å². The molecular formula is C25H37NO5Si. The van der Waals surface area contributed by atoms with E-state index in [1.807, 2.05) is 30.3 Å². The van der Waals surface area contributed by atoms with Crippen LogP contribution in [0.3, 0.4) is 0 Å². The molecule has 0 spiro atoms. The zero-order chi connectivity index (χ0) is 23.4. The lowest BCUT2D eigenvalue weighted by Gasteiger charge is -2.40. The number of rotatable bonds is 9. The fourth-order valence-electron chi connectivity index (χ4n) is 3.59. The molecular weight excluding hydrogens is 422 g/mol. The SMILES string of the molecule is COc1ccc([C@@H]2O[C@H](COCc3ccccc3)[C@@H](O[Si](C)(C)C(C)(C)C)[C@H]2OC)cn1. The van der Waals surface area contributed by atoms with E-state index in [0.717, 1.165) is 11.1 Å². The molecule has 0 aliphatic carbocycles. The standard InChI is InChI=1S/C25H37NO5Si/c1-25(2,3)32(6,7)31-23-20(17-29-16-18-11-9-8-10-12-18)30-22(24(23)28-5)19-13-14-21(27-4)26-15-19/h8-15,20,22-24H,16-17H2,1-7H3/t20-,22+,23-,24+/m1/s1. The summed E-state index contributed by atoms with van der Waals surface area (Å²) < 4.78 is 30.6. The van der Waals surface area contributed by atoms with Gasteiger partial charge >= 0.3 is 0 Å². The number of ether oxygens (including phenoxy) is 4. The minimum atomic E-state index is -2.07. The Kier molecular flexibility index (Phi) is 8.11. The van der Waals surface area contributed by atoms with Crippen molar-refractivity contribution < 1.29 is 23.4 Å². The highest BCUT2D eigenvalue weighted by Crippen LogP contribution is 2.43. The Hall–Kier alpha value is -1.77. The molecule has 0 radical (unpaired) electrons. The highest BCUT2D eigenvalue weighted by molar-refractivity contribution is 6.74. The summed E-state index contributed by atoms with van der Waals surface area (Å²) in [6, 6.07) is 14.0. The molecule has 0 N–H and O–H groups in total. The average molecular weight is 460 g/mol. The van der Waals surface area contributed by atoms with Gasteiger partial charge in [-0.3, -0.25) is 0 Å². The summed E-state index contributed by atoms with van der Waals surface area (Å²) in [5.41, 5.74) is 2.07. The quantitative estimate of drug-likeness (QED) is 0.483. The van der Waals surface area contributed by atoms with Crippen LogP contribution in [-0.2, 0) is 25.2 Å². The van der Waals surface area contributed by atoms with E-state index in [1.54, 1.807) is 20.4 Å². The second-order valence-electron chi connectivity index (χ2n) is 9.77. The maximum atomic E-state index is 6.84. The van der Waals surface area contributed by atoms with Gasteiger partial charge in [-0.05, 0) is 29.8 Å². The topological polar surface area (TPSA) is 59.0 Å². The lowest BCUT2D eigenvalue weighted by molar-refractivity contribution is -0.0468. The van der Waals surface area contributed by atoms with Crippen LogP contribution < -0.4 is 4.74 Å². The molecule has 1 aliphatic rings. The first-order valence-corrected chi connectivity index (χ1v) is 14.0. The molecule has 1 aromatic heterocycles. The summed E-state index contributed by atoms with van der Waals surface area (Å²) in [5, 5.41) is 0.0699. The van der Waals surface area contributed by atoms with Gasteiger partial charge in [0.1, 0.15) is 24.4 Å². The first-order valence-electron chi connectivity index (χ1n) is 11.1. The Morgan fingerprint density at radius 3 is 2.28 bits per heavy atom. The monoisotopic (exact) mass is 459 g/mol. The molecule has 1 aromatic carbocycles. The van der Waals surface area contributed by atoms with Crippen molar-refractivity contribution in [3.63, 3.8) is 0 Å². The van der Waals surface area contributed by atoms with Crippen molar-refractivity contribution in [1.29, 1.82) is 0 Å². The highest BCUT2D eigenvalue weighted by Gasteiger charge is 2.51. The predicted octanol–water partition coefficient (Wildman–Crippen LogP) is 5.15. The van der Waals surface area contributed by atoms with Crippen LogP contribution in [0.25, 0.3) is 0 Å². The summed E-state index contributed by atoms with van der Waals surface area (Å²) in [7, 11) is 1.25. The van der Waals surface area contributed by atoms with Crippen LogP contribution in [0.4, 0.5) is 0 Å². The first-order chi connectivity index (χ1) is 15.2. The fraction of sp³-hybridized carbons (Fsp3) is 0.560. The third-order valence-electron chi connectivity index (χ3n) is 6.51. The van der Waals surface area contributed by atoms with Gasteiger partial charge in [-0.2, -0.15) is 0 Å². The first kappa shape index (κ1) is 24.9. The van der Waals surface area contributed by atoms with E-state index in [0.29, 0.717) is 19.1 Å². The molecule has 7 heteroatoms. The zero-order valence-corrected chi connectivity index (χ0v) is 21.3. The second kappa shape index (κ2) is 10.4. The minimum absolute atomic E-state index is 0.0699. The number of methoxy groups -OCH3 is 2. The van der Waals surface area contributed by atoms with Crippen LogP contribution in [0.1, 0.15) is 38.0 Å². The van der Waals surface area contributed by atoms with Gasteiger partial charge in [0.05, 0.1) is 20.3 Å². The average Bonchev–Trinajstić information content (AvgIpc) is 3.10. The molecule has 4 atom stereocenters. The summed E-state index contributed by atoms with van der Waals surface area (Å²) in [6.45, 7) is 12.2. The van der Waals surface area contributed by atoms with Gasteiger partial charge in [0.25, 0.3) is 0 Å². The molecule has 1 fully saturated rings. The van der Waals surface area contributed by atoms with Gasteiger partial charge in [0.2, 0.25) is 5.88 Å². The lowest BCUT2D eigenvalue weighted by Crippen LogP contribution is -2.50. The van der Waals surface area contributed by atoms with Gasteiger partial charge in [-0.25, -0.2) is 4.98 Å². The third kappa shape index (κ3) is 5.77. The number of hydrogen-bond acceptors (Lipinski definition) is 6. The lowest BCUT2D eigenvalue weighted by atomic mass is 10.0. The Bertz CT molecular complexity index is 838. The number of nitrogens with zero attached hydrogens (tertiary/aromatic N) is 1. The number of aromatic nitrogens is 1. The number of benzene rings is 1. The van der Waals surface area contributed by atoms with E-state index < -0.39 is 8.32 Å². The Morgan fingerprint density at radius 2 is 1.72 bits per heavy atom. The number of hydrogen-bond donors (Lipinski definition) is 0. The van der Waals surface area contributed by atoms with Crippen molar-refractivity contribution in [2.75, 3.05) is 20.8 Å². The summed E-state index contributed by atoms with van der Waals surface area (Å²) in [4.78, 5) is 4.36. The fourth-order valence-corrected chi connectivity index (χ4v) is 4.91. The van der Waals surface area contributed by atoms with E-state index in [4.69, 9.17) is 23.4 Å². The van der Waals surface area contributed by atoms with Crippen molar-refractivity contribution in [2.24, 2.45) is 0 Å². The van der Waals surface area contributed by atoms with E-state index >= 15 is 0 Å². The molecule has 0 amide bonds. The molecule has 0 unspecified atom stereocenters. The van der Waals surface area contributed by atoms with Gasteiger partial charge in [-0.15, -0.1) is 0 Å². The van der Waals surface area contributed by atoms with Crippen molar-refractivity contribution in [1.82, 2.24) is 4.98 Å². The summed E-state index contributed by atoms with van der Waals surface area (Å²) >= 11 is 0. The van der Waals surface area contributed by atoms with Crippen LogP contribution in [0, 0.1) is 0 Å². The predicted molar refractivity (Wildman–Crippen MR) is 127 cm³/mol. The molecule has 0 bridgehead atoms. The van der Waals surface area contributed by atoms with Crippen molar-refractivity contribution in [3.8, 4) is 5.88 Å². The van der Waals surface area contributed by atoms with E-state index in [-0.39, 0.29) is 29.5 Å². The van der Waals surface area contributed by atoms with E-state index in [1.165, 1.54) is 0 Å². The minimum Gasteiger partial charge on any atom is -0.481 e. The summed E-state index contributed by atoms with van der Waals surface area (Å²) in [6.07, 6.45) is 0.753. The molecule has 1 aliphatic heterocycles. The smallest absolute Gasteiger partial charge is 0.212 e. The highest BCUT2D eigenvalue weighted by atomic mass is 28.4. The van der Waals surface area contributed by atoms with E-state index in [9.17, 15) is 0 Å². The molecule has 2 heterocycles. The third-order valence-corrected chi connectivity index (χ3v) is 11.0. The van der Waals surface area contributed by atoms with Crippen LogP contribution in [0.5, 0.6) is 5.88 Å². The number of pyridine rings is 1.